The van der Waals surface area contributed by atoms with E-state index in [0.29, 0.717) is 0 Å². The zero-order valence-corrected chi connectivity index (χ0v) is 13.5. The van der Waals surface area contributed by atoms with E-state index in [1.54, 1.807) is 7.11 Å². The van der Waals surface area contributed by atoms with Gasteiger partial charge in [-0.05, 0) is 25.3 Å². The van der Waals surface area contributed by atoms with Gasteiger partial charge in [-0.2, -0.15) is 0 Å². The third-order valence-electron chi connectivity index (χ3n) is 4.26. The first-order chi connectivity index (χ1) is 10.6. The fraction of sp³-hybridized carbons (Fsp3) is 0.588. The van der Waals surface area contributed by atoms with Gasteiger partial charge >= 0.3 is 0 Å². The molecule has 0 saturated carbocycles. The maximum atomic E-state index is 12.3. The van der Waals surface area contributed by atoms with Crippen LogP contribution in [0.25, 0.3) is 0 Å². The Morgan fingerprint density at radius 3 is 2.59 bits per heavy atom. The molecule has 1 heterocycles. The highest BCUT2D eigenvalue weighted by Crippen LogP contribution is 2.14. The quantitative estimate of drug-likeness (QED) is 0.829. The number of nitrogens with two attached hydrogens (primary N) is 1. The number of amides is 1. The number of hydrogen-bond acceptors (Lipinski definition) is 4. The summed E-state index contributed by atoms with van der Waals surface area (Å²) in [7, 11) is 1.72. The molecule has 1 fully saturated rings. The molecule has 3 N–H and O–H groups in total. The van der Waals surface area contributed by atoms with E-state index in [0.717, 1.165) is 44.6 Å². The summed E-state index contributed by atoms with van der Waals surface area (Å²) in [5, 5.41) is 3.09. The minimum Gasteiger partial charge on any atom is -0.383 e. The van der Waals surface area contributed by atoms with E-state index in [1.165, 1.54) is 5.56 Å². The van der Waals surface area contributed by atoms with Crippen LogP contribution in [-0.4, -0.2) is 50.2 Å². The third kappa shape index (κ3) is 4.80. The molecule has 1 aliphatic heterocycles. The lowest BCUT2D eigenvalue weighted by Crippen LogP contribution is -2.47. The molecule has 2 rings (SSSR count). The van der Waals surface area contributed by atoms with Crippen LogP contribution in [0.15, 0.2) is 24.3 Å². The van der Waals surface area contributed by atoms with Gasteiger partial charge < -0.3 is 20.7 Å². The average Bonchev–Trinajstić information content (AvgIpc) is 2.54. The molecule has 1 aliphatic rings. The fourth-order valence-electron chi connectivity index (χ4n) is 2.74. The zero-order valence-electron chi connectivity index (χ0n) is 13.5. The molecule has 122 valence electrons. The number of piperidine rings is 1. The molecule has 1 aromatic carbocycles. The highest BCUT2D eigenvalue weighted by atomic mass is 16.5. The number of hydrogen-bond donors (Lipinski definition) is 2. The van der Waals surface area contributed by atoms with E-state index < -0.39 is 6.04 Å². The minimum absolute atomic E-state index is 0.0841. The second-order valence-corrected chi connectivity index (χ2v) is 6.01. The van der Waals surface area contributed by atoms with Crippen LogP contribution in [0.1, 0.15) is 30.0 Å². The van der Waals surface area contributed by atoms with Crippen LogP contribution in [-0.2, 0) is 9.53 Å². The number of rotatable bonds is 6. The summed E-state index contributed by atoms with van der Waals surface area (Å²) < 4.78 is 5.10. The summed E-state index contributed by atoms with van der Waals surface area (Å²) in [6, 6.07) is 7.45. The first-order valence-corrected chi connectivity index (χ1v) is 7.94. The van der Waals surface area contributed by atoms with Gasteiger partial charge in [-0.3, -0.25) is 4.79 Å². The molecule has 0 spiro atoms. The first kappa shape index (κ1) is 16.9. The summed E-state index contributed by atoms with van der Waals surface area (Å²) in [5.41, 5.74) is 8.09. The van der Waals surface area contributed by atoms with Crippen molar-refractivity contribution in [3.63, 3.8) is 0 Å². The highest BCUT2D eigenvalue weighted by Gasteiger charge is 2.23. The van der Waals surface area contributed by atoms with E-state index in [9.17, 15) is 4.79 Å². The molecule has 1 saturated heterocycles. The molecule has 0 aromatic heterocycles. The normalized spacial score (nSPS) is 18.1. The SMILES string of the molecule is COCCN1CCC(NC(=O)C(N)c2ccc(C)cc2)CC1. The second kappa shape index (κ2) is 8.27. The Balaban J connectivity index is 1.79. The van der Waals surface area contributed by atoms with Gasteiger partial charge in [-0.1, -0.05) is 29.8 Å². The second-order valence-electron chi connectivity index (χ2n) is 6.01. The summed E-state index contributed by atoms with van der Waals surface area (Å²) in [6.07, 6.45) is 1.94. The number of carbonyl (C=O) groups excluding carboxylic acids is 1. The van der Waals surface area contributed by atoms with Crippen LogP contribution in [0.2, 0.25) is 0 Å². The van der Waals surface area contributed by atoms with Crippen LogP contribution < -0.4 is 11.1 Å². The van der Waals surface area contributed by atoms with Crippen LogP contribution in [0.3, 0.4) is 0 Å². The predicted molar refractivity (Wildman–Crippen MR) is 87.6 cm³/mol. The highest BCUT2D eigenvalue weighted by molar-refractivity contribution is 5.83. The molecule has 1 unspecified atom stereocenters. The van der Waals surface area contributed by atoms with Crippen LogP contribution >= 0.6 is 0 Å². The predicted octanol–water partition coefficient (Wildman–Crippen LogP) is 1.22. The van der Waals surface area contributed by atoms with Gasteiger partial charge in [0, 0.05) is 32.8 Å². The monoisotopic (exact) mass is 305 g/mol. The average molecular weight is 305 g/mol. The number of nitrogens with zero attached hydrogens (tertiary/aromatic N) is 1. The van der Waals surface area contributed by atoms with Crippen molar-refractivity contribution < 1.29 is 9.53 Å². The fourth-order valence-corrected chi connectivity index (χ4v) is 2.74. The third-order valence-corrected chi connectivity index (χ3v) is 4.26. The number of nitrogens with one attached hydrogen (secondary N) is 1. The Bertz CT molecular complexity index is 467. The van der Waals surface area contributed by atoms with E-state index >= 15 is 0 Å². The molecule has 22 heavy (non-hydrogen) atoms. The van der Waals surface area contributed by atoms with E-state index in [-0.39, 0.29) is 11.9 Å². The molecule has 5 nitrogen and oxygen atoms in total. The van der Waals surface area contributed by atoms with E-state index in [4.69, 9.17) is 10.5 Å². The number of ether oxygens (including phenoxy) is 1. The number of methoxy groups -OCH3 is 1. The minimum atomic E-state index is -0.591. The van der Waals surface area contributed by atoms with Gasteiger partial charge in [0.15, 0.2) is 0 Å². The van der Waals surface area contributed by atoms with Crippen molar-refractivity contribution in [2.75, 3.05) is 33.4 Å². The maximum absolute atomic E-state index is 12.3. The number of benzene rings is 1. The Morgan fingerprint density at radius 2 is 2.00 bits per heavy atom. The Morgan fingerprint density at radius 1 is 1.36 bits per heavy atom. The van der Waals surface area contributed by atoms with Crippen molar-refractivity contribution in [1.82, 2.24) is 10.2 Å². The van der Waals surface area contributed by atoms with Gasteiger partial charge in [0.05, 0.1) is 6.61 Å². The standard InChI is InChI=1S/C17H27N3O2/c1-13-3-5-14(6-4-13)16(18)17(21)19-15-7-9-20(10-8-15)11-12-22-2/h3-6,15-16H,7-12,18H2,1-2H3,(H,19,21). The molecular weight excluding hydrogens is 278 g/mol. The van der Waals surface area contributed by atoms with Gasteiger partial charge in [0.25, 0.3) is 0 Å². The Hall–Kier alpha value is -1.43. The number of likely N-dealkylation sites (tertiary alicyclic amines) is 1. The van der Waals surface area contributed by atoms with Crippen molar-refractivity contribution in [3.8, 4) is 0 Å². The molecule has 0 aliphatic carbocycles. The van der Waals surface area contributed by atoms with Crippen LogP contribution in [0.4, 0.5) is 0 Å². The van der Waals surface area contributed by atoms with Crippen molar-refractivity contribution in [3.05, 3.63) is 35.4 Å². The van der Waals surface area contributed by atoms with Gasteiger partial charge in [-0.25, -0.2) is 0 Å². The first-order valence-electron chi connectivity index (χ1n) is 7.94. The number of aryl methyl sites for hydroxylation is 1. The molecule has 1 amide bonds. The summed E-state index contributed by atoms with van der Waals surface area (Å²) >= 11 is 0. The molecule has 0 bridgehead atoms. The smallest absolute Gasteiger partial charge is 0.241 e. The van der Waals surface area contributed by atoms with Crippen molar-refractivity contribution in [1.29, 1.82) is 0 Å². The lowest BCUT2D eigenvalue weighted by Gasteiger charge is -2.32. The molecule has 1 atom stereocenters. The maximum Gasteiger partial charge on any atom is 0.241 e. The Labute approximate surface area is 132 Å². The summed E-state index contributed by atoms with van der Waals surface area (Å²) in [6.45, 7) is 5.73. The van der Waals surface area contributed by atoms with Gasteiger partial charge in [0.2, 0.25) is 5.91 Å². The molecule has 5 heteroatoms. The lowest BCUT2D eigenvalue weighted by atomic mass is 10.0. The Kier molecular flexibility index (Phi) is 6.36. The molecule has 0 radical (unpaired) electrons. The summed E-state index contributed by atoms with van der Waals surface area (Å²) in [4.78, 5) is 14.6. The van der Waals surface area contributed by atoms with Gasteiger partial charge in [0.1, 0.15) is 6.04 Å². The van der Waals surface area contributed by atoms with E-state index in [1.807, 2.05) is 31.2 Å². The van der Waals surface area contributed by atoms with Crippen molar-refractivity contribution in [2.45, 2.75) is 31.8 Å². The van der Waals surface area contributed by atoms with Crippen LogP contribution in [0, 0.1) is 6.92 Å². The van der Waals surface area contributed by atoms with Crippen molar-refractivity contribution in [2.24, 2.45) is 5.73 Å². The topological polar surface area (TPSA) is 67.6 Å². The largest absolute Gasteiger partial charge is 0.383 e. The zero-order chi connectivity index (χ0) is 15.9. The lowest BCUT2D eigenvalue weighted by molar-refractivity contribution is -0.123. The number of carbonyl (C=O) groups is 1. The van der Waals surface area contributed by atoms with Gasteiger partial charge in [-0.15, -0.1) is 0 Å². The van der Waals surface area contributed by atoms with E-state index in [2.05, 4.69) is 10.2 Å². The molecular formula is C17H27N3O2. The van der Waals surface area contributed by atoms with Crippen LogP contribution in [0.5, 0.6) is 0 Å². The van der Waals surface area contributed by atoms with Crippen molar-refractivity contribution >= 4 is 5.91 Å². The molecule has 1 aromatic rings. The summed E-state index contributed by atoms with van der Waals surface area (Å²) in [5.74, 6) is -0.0841.